The van der Waals surface area contributed by atoms with Gasteiger partial charge in [-0.25, -0.2) is 4.98 Å². The summed E-state index contributed by atoms with van der Waals surface area (Å²) >= 11 is 0. The molecule has 100 valence electrons. The number of nitrogens with one attached hydrogen (secondary N) is 1. The van der Waals surface area contributed by atoms with Crippen LogP contribution in [0.25, 0.3) is 11.3 Å². The SMILES string of the molecule is CC(C)(N)c1ncc(-c2ccc3c(c2)OCCO3)[nH]1. The van der Waals surface area contributed by atoms with Crippen LogP contribution in [0.2, 0.25) is 0 Å². The number of hydrogen-bond donors (Lipinski definition) is 2. The Kier molecular flexibility index (Phi) is 2.71. The highest BCUT2D eigenvalue weighted by molar-refractivity contribution is 5.63. The Bertz CT molecular complexity index is 599. The fraction of sp³-hybridized carbons (Fsp3) is 0.357. The van der Waals surface area contributed by atoms with E-state index in [4.69, 9.17) is 15.2 Å². The Morgan fingerprint density at radius 3 is 2.63 bits per heavy atom. The number of fused-ring (bicyclic) bond motifs is 1. The van der Waals surface area contributed by atoms with Crippen LogP contribution >= 0.6 is 0 Å². The summed E-state index contributed by atoms with van der Waals surface area (Å²) in [5, 5.41) is 0. The number of benzene rings is 1. The summed E-state index contributed by atoms with van der Waals surface area (Å²) in [6.07, 6.45) is 1.79. The largest absolute Gasteiger partial charge is 0.486 e. The van der Waals surface area contributed by atoms with Gasteiger partial charge in [-0.3, -0.25) is 0 Å². The number of nitrogens with zero attached hydrogens (tertiary/aromatic N) is 1. The van der Waals surface area contributed by atoms with Gasteiger partial charge in [-0.15, -0.1) is 0 Å². The molecular formula is C14H17N3O2. The number of nitrogens with two attached hydrogens (primary N) is 1. The molecule has 1 aliphatic rings. The molecule has 3 N–H and O–H groups in total. The second-order valence-electron chi connectivity index (χ2n) is 5.23. The number of aromatic amines is 1. The van der Waals surface area contributed by atoms with Crippen molar-refractivity contribution >= 4 is 0 Å². The third-order valence-electron chi connectivity index (χ3n) is 3.04. The van der Waals surface area contributed by atoms with Crippen LogP contribution < -0.4 is 15.2 Å². The Morgan fingerprint density at radius 2 is 1.95 bits per heavy atom. The van der Waals surface area contributed by atoms with E-state index in [0.29, 0.717) is 13.2 Å². The average Bonchev–Trinajstić information content (AvgIpc) is 2.87. The van der Waals surface area contributed by atoms with Gasteiger partial charge < -0.3 is 20.2 Å². The van der Waals surface area contributed by atoms with E-state index in [2.05, 4.69) is 9.97 Å². The highest BCUT2D eigenvalue weighted by Crippen LogP contribution is 2.34. The molecule has 5 heteroatoms. The van der Waals surface area contributed by atoms with Crippen molar-refractivity contribution in [3.8, 4) is 22.8 Å². The fourth-order valence-electron chi connectivity index (χ4n) is 2.01. The molecule has 0 bridgehead atoms. The summed E-state index contributed by atoms with van der Waals surface area (Å²) in [5.74, 6) is 2.32. The zero-order valence-corrected chi connectivity index (χ0v) is 11.1. The molecule has 0 amide bonds. The lowest BCUT2D eigenvalue weighted by molar-refractivity contribution is 0.171. The predicted octanol–water partition coefficient (Wildman–Crippen LogP) is 2.04. The minimum Gasteiger partial charge on any atom is -0.486 e. The molecule has 2 aromatic rings. The number of H-pyrrole nitrogens is 1. The van der Waals surface area contributed by atoms with E-state index in [-0.39, 0.29) is 0 Å². The van der Waals surface area contributed by atoms with Crippen LogP contribution in [0.3, 0.4) is 0 Å². The summed E-state index contributed by atoms with van der Waals surface area (Å²) in [7, 11) is 0. The van der Waals surface area contributed by atoms with Crippen molar-refractivity contribution in [2.45, 2.75) is 19.4 Å². The molecule has 0 unspecified atom stereocenters. The molecule has 5 nitrogen and oxygen atoms in total. The molecule has 0 fully saturated rings. The number of ether oxygens (including phenoxy) is 2. The van der Waals surface area contributed by atoms with E-state index in [1.165, 1.54) is 0 Å². The Hall–Kier alpha value is -2.01. The fourth-order valence-corrected chi connectivity index (χ4v) is 2.01. The van der Waals surface area contributed by atoms with Crippen LogP contribution in [0.1, 0.15) is 19.7 Å². The molecule has 0 saturated heterocycles. The number of rotatable bonds is 2. The van der Waals surface area contributed by atoms with Crippen molar-refractivity contribution in [1.82, 2.24) is 9.97 Å². The third-order valence-corrected chi connectivity index (χ3v) is 3.04. The second kappa shape index (κ2) is 4.28. The molecule has 0 saturated carbocycles. The van der Waals surface area contributed by atoms with Crippen LogP contribution in [-0.2, 0) is 5.54 Å². The summed E-state index contributed by atoms with van der Waals surface area (Å²) < 4.78 is 11.1. The molecule has 0 aliphatic carbocycles. The maximum Gasteiger partial charge on any atom is 0.162 e. The summed E-state index contributed by atoms with van der Waals surface area (Å²) in [6.45, 7) is 5.02. The summed E-state index contributed by atoms with van der Waals surface area (Å²) in [4.78, 5) is 7.57. The second-order valence-corrected chi connectivity index (χ2v) is 5.23. The first-order chi connectivity index (χ1) is 9.04. The van der Waals surface area contributed by atoms with Gasteiger partial charge in [-0.2, -0.15) is 0 Å². The van der Waals surface area contributed by atoms with E-state index in [9.17, 15) is 0 Å². The van der Waals surface area contributed by atoms with Gasteiger partial charge in [0.05, 0.1) is 17.4 Å². The first kappa shape index (κ1) is 12.0. The maximum atomic E-state index is 6.02. The van der Waals surface area contributed by atoms with Crippen LogP contribution in [-0.4, -0.2) is 23.2 Å². The minimum atomic E-state index is -0.480. The van der Waals surface area contributed by atoms with Crippen LogP contribution in [0.5, 0.6) is 11.5 Å². The molecule has 0 atom stereocenters. The molecule has 19 heavy (non-hydrogen) atoms. The Balaban J connectivity index is 1.96. The van der Waals surface area contributed by atoms with Crippen molar-refractivity contribution in [3.63, 3.8) is 0 Å². The smallest absolute Gasteiger partial charge is 0.162 e. The monoisotopic (exact) mass is 259 g/mol. The van der Waals surface area contributed by atoms with Gasteiger partial charge in [0.25, 0.3) is 0 Å². The van der Waals surface area contributed by atoms with E-state index in [0.717, 1.165) is 28.6 Å². The zero-order valence-electron chi connectivity index (χ0n) is 11.1. The molecule has 0 radical (unpaired) electrons. The molecule has 1 aliphatic heterocycles. The first-order valence-electron chi connectivity index (χ1n) is 6.28. The number of aromatic nitrogens is 2. The topological polar surface area (TPSA) is 73.2 Å². The number of imidazole rings is 1. The highest BCUT2D eigenvalue weighted by atomic mass is 16.6. The lowest BCUT2D eigenvalue weighted by atomic mass is 10.1. The third kappa shape index (κ3) is 2.29. The summed E-state index contributed by atoms with van der Waals surface area (Å²) in [5.41, 5.74) is 7.47. The van der Waals surface area contributed by atoms with Gasteiger partial charge in [0.2, 0.25) is 0 Å². The highest BCUT2D eigenvalue weighted by Gasteiger charge is 2.19. The standard InChI is InChI=1S/C14H17N3O2/c1-14(2,15)13-16-8-10(17-13)9-3-4-11-12(7-9)19-6-5-18-11/h3-4,7-8H,5-6,15H2,1-2H3,(H,16,17). The van der Waals surface area contributed by atoms with Gasteiger partial charge in [0, 0.05) is 5.56 Å². The minimum absolute atomic E-state index is 0.480. The molecule has 2 heterocycles. The first-order valence-corrected chi connectivity index (χ1v) is 6.28. The molecule has 1 aromatic heterocycles. The average molecular weight is 259 g/mol. The number of hydrogen-bond acceptors (Lipinski definition) is 4. The lowest BCUT2D eigenvalue weighted by Crippen LogP contribution is -2.30. The zero-order chi connectivity index (χ0) is 13.5. The van der Waals surface area contributed by atoms with Crippen molar-refractivity contribution in [1.29, 1.82) is 0 Å². The van der Waals surface area contributed by atoms with Crippen LogP contribution in [0.4, 0.5) is 0 Å². The Labute approximate surface area is 111 Å². The van der Waals surface area contributed by atoms with E-state index in [1.54, 1.807) is 6.20 Å². The van der Waals surface area contributed by atoms with E-state index < -0.39 is 5.54 Å². The normalized spacial score (nSPS) is 14.5. The summed E-state index contributed by atoms with van der Waals surface area (Å²) in [6, 6.07) is 5.85. The quantitative estimate of drug-likeness (QED) is 0.865. The molecule has 3 rings (SSSR count). The molecule has 0 spiro atoms. The predicted molar refractivity (Wildman–Crippen MR) is 72.2 cm³/mol. The van der Waals surface area contributed by atoms with Crippen molar-refractivity contribution in [2.24, 2.45) is 5.73 Å². The van der Waals surface area contributed by atoms with Gasteiger partial charge in [0.15, 0.2) is 11.5 Å². The molecule has 1 aromatic carbocycles. The van der Waals surface area contributed by atoms with Crippen LogP contribution in [0.15, 0.2) is 24.4 Å². The molecular weight excluding hydrogens is 242 g/mol. The Morgan fingerprint density at radius 1 is 1.21 bits per heavy atom. The van der Waals surface area contributed by atoms with Crippen molar-refractivity contribution in [2.75, 3.05) is 13.2 Å². The van der Waals surface area contributed by atoms with Crippen LogP contribution in [0, 0.1) is 0 Å². The van der Waals surface area contributed by atoms with Gasteiger partial charge in [-0.1, -0.05) is 0 Å². The van der Waals surface area contributed by atoms with E-state index in [1.807, 2.05) is 32.0 Å². The van der Waals surface area contributed by atoms with Crippen molar-refractivity contribution in [3.05, 3.63) is 30.2 Å². The van der Waals surface area contributed by atoms with E-state index >= 15 is 0 Å². The van der Waals surface area contributed by atoms with Crippen molar-refractivity contribution < 1.29 is 9.47 Å². The maximum absolute atomic E-state index is 6.02. The van der Waals surface area contributed by atoms with Gasteiger partial charge in [-0.05, 0) is 32.0 Å². The van der Waals surface area contributed by atoms with Gasteiger partial charge in [0.1, 0.15) is 19.0 Å². The van der Waals surface area contributed by atoms with Gasteiger partial charge >= 0.3 is 0 Å². The lowest BCUT2D eigenvalue weighted by Gasteiger charge is -2.18.